The molecule has 0 saturated carbocycles. The molecule has 0 aromatic heterocycles. The van der Waals surface area contributed by atoms with Gasteiger partial charge in [-0.05, 0) is 12.8 Å². The number of hydrogen-bond acceptors (Lipinski definition) is 2. The highest BCUT2D eigenvalue weighted by molar-refractivity contribution is 7.90. The highest BCUT2D eigenvalue weighted by Gasteiger charge is 2.76. The lowest BCUT2D eigenvalue weighted by Gasteiger charge is -2.32. The van der Waals surface area contributed by atoms with Gasteiger partial charge >= 0.3 is 17.1 Å². The molecule has 0 N–H and O–H groups in total. The van der Waals surface area contributed by atoms with Crippen LogP contribution in [0.25, 0.3) is 0 Å². The van der Waals surface area contributed by atoms with E-state index in [4.69, 9.17) is 0 Å². The van der Waals surface area contributed by atoms with E-state index >= 15 is 0 Å². The fraction of sp³-hybridized carbons (Fsp3) is 1.00. The molecule has 0 amide bonds. The van der Waals surface area contributed by atoms with Crippen molar-refractivity contribution in [2.24, 2.45) is 0 Å². The van der Waals surface area contributed by atoms with Crippen molar-refractivity contribution in [2.75, 3.05) is 13.1 Å². The molecule has 108 valence electrons. The minimum absolute atomic E-state index is 0.118. The average molecular weight is 299 g/mol. The van der Waals surface area contributed by atoms with E-state index in [0.29, 0.717) is 0 Å². The first-order valence-electron chi connectivity index (χ1n) is 4.99. The van der Waals surface area contributed by atoms with Crippen LogP contribution in [0.15, 0.2) is 0 Å². The van der Waals surface area contributed by atoms with Gasteiger partial charge in [-0.1, -0.05) is 0 Å². The Bertz CT molecular complexity index is 410. The summed E-state index contributed by atoms with van der Waals surface area (Å²) in [5.74, 6) is -11.1. The van der Waals surface area contributed by atoms with Crippen LogP contribution in [0.5, 0.6) is 0 Å². The van der Waals surface area contributed by atoms with E-state index in [1.165, 1.54) is 0 Å². The molecule has 10 heteroatoms. The number of alkyl halides is 6. The van der Waals surface area contributed by atoms with Crippen LogP contribution in [-0.4, -0.2) is 42.9 Å². The Hall–Kier alpha value is -0.510. The molecule has 0 unspecified atom stereocenters. The van der Waals surface area contributed by atoms with Crippen LogP contribution in [0.1, 0.15) is 19.8 Å². The molecule has 1 rings (SSSR count). The minimum Gasteiger partial charge on any atom is -0.206 e. The maximum Gasteiger partial charge on any atom is 0.427 e. The highest BCUT2D eigenvalue weighted by Crippen LogP contribution is 2.49. The van der Waals surface area contributed by atoms with Crippen molar-refractivity contribution in [1.29, 1.82) is 0 Å². The average Bonchev–Trinajstić information content (AvgIpc) is 2.68. The van der Waals surface area contributed by atoms with Gasteiger partial charge in [0, 0.05) is 20.0 Å². The summed E-state index contributed by atoms with van der Waals surface area (Å²) in [6.45, 7) is -1.19. The SMILES string of the molecule is CC(F)(F)C(F)(F)C(F)(F)S(=O)(=O)N1CCCC1. The third kappa shape index (κ3) is 2.09. The predicted octanol–water partition coefficient (Wildman–Crippen LogP) is 2.30. The fourth-order valence-electron chi connectivity index (χ4n) is 1.51. The lowest BCUT2D eigenvalue weighted by Crippen LogP contribution is -2.59. The summed E-state index contributed by atoms with van der Waals surface area (Å²) in [5, 5.41) is -5.84. The van der Waals surface area contributed by atoms with Gasteiger partial charge in [-0.2, -0.15) is 30.6 Å². The highest BCUT2D eigenvalue weighted by atomic mass is 32.2. The molecule has 0 aliphatic carbocycles. The second kappa shape index (κ2) is 4.26. The van der Waals surface area contributed by atoms with E-state index in [2.05, 4.69) is 0 Å². The Labute approximate surface area is 99.8 Å². The summed E-state index contributed by atoms with van der Waals surface area (Å²) in [7, 11) is -5.81. The molecule has 0 aromatic rings. The maximum absolute atomic E-state index is 13.3. The van der Waals surface area contributed by atoms with Crippen molar-refractivity contribution in [2.45, 2.75) is 36.9 Å². The van der Waals surface area contributed by atoms with Gasteiger partial charge in [-0.25, -0.2) is 8.42 Å². The molecule has 1 aliphatic rings. The van der Waals surface area contributed by atoms with Crippen LogP contribution in [0.4, 0.5) is 26.3 Å². The van der Waals surface area contributed by atoms with Gasteiger partial charge < -0.3 is 0 Å². The summed E-state index contributed by atoms with van der Waals surface area (Å²) in [6.07, 6.45) is 0.451. The summed E-state index contributed by atoms with van der Waals surface area (Å²) < 4.78 is 100. The van der Waals surface area contributed by atoms with Gasteiger partial charge in [-0.15, -0.1) is 0 Å². The summed E-state index contributed by atoms with van der Waals surface area (Å²) in [6, 6.07) is 0. The van der Waals surface area contributed by atoms with Crippen LogP contribution < -0.4 is 0 Å². The van der Waals surface area contributed by atoms with Gasteiger partial charge in [0.1, 0.15) is 0 Å². The van der Waals surface area contributed by atoms with Crippen LogP contribution in [0, 0.1) is 0 Å². The number of sulfonamides is 1. The summed E-state index contributed by atoms with van der Waals surface area (Å²) in [5.41, 5.74) is 0. The quantitative estimate of drug-likeness (QED) is 0.747. The number of nitrogens with zero attached hydrogens (tertiary/aromatic N) is 1. The minimum atomic E-state index is -5.97. The molecule has 3 nitrogen and oxygen atoms in total. The largest absolute Gasteiger partial charge is 0.427 e. The topological polar surface area (TPSA) is 37.4 Å². The first-order valence-corrected chi connectivity index (χ1v) is 6.43. The number of hydrogen-bond donors (Lipinski definition) is 0. The maximum atomic E-state index is 13.3. The van der Waals surface area contributed by atoms with E-state index < -0.39 is 34.0 Å². The molecule has 1 saturated heterocycles. The molecule has 0 spiro atoms. The zero-order valence-corrected chi connectivity index (χ0v) is 10.1. The first kappa shape index (κ1) is 15.5. The first-order chi connectivity index (χ1) is 7.86. The lowest BCUT2D eigenvalue weighted by molar-refractivity contribution is -0.272. The summed E-state index contributed by atoms with van der Waals surface area (Å²) >= 11 is 0. The second-order valence-corrected chi connectivity index (χ2v) is 6.07. The predicted molar refractivity (Wildman–Crippen MR) is 50.2 cm³/mol. The lowest BCUT2D eigenvalue weighted by atomic mass is 10.2. The number of halogens is 6. The van der Waals surface area contributed by atoms with Crippen molar-refractivity contribution in [3.8, 4) is 0 Å². The molecule has 18 heavy (non-hydrogen) atoms. The standard InChI is InChI=1S/C8H11F6NO2S/c1-6(9,10)7(11,12)8(13,14)18(16,17)15-4-2-3-5-15/h2-5H2,1H3. The zero-order chi connectivity index (χ0) is 14.4. The molecule has 1 heterocycles. The zero-order valence-electron chi connectivity index (χ0n) is 9.27. The van der Waals surface area contributed by atoms with Gasteiger partial charge in [0.2, 0.25) is 0 Å². The Balaban J connectivity index is 3.20. The van der Waals surface area contributed by atoms with Crippen molar-refractivity contribution >= 4 is 10.0 Å². The van der Waals surface area contributed by atoms with E-state index in [1.54, 1.807) is 0 Å². The van der Waals surface area contributed by atoms with Gasteiger partial charge in [-0.3, -0.25) is 0 Å². The molecule has 0 atom stereocenters. The molecule has 1 fully saturated rings. The molecule has 0 bridgehead atoms. The molecule has 0 aromatic carbocycles. The van der Waals surface area contributed by atoms with E-state index in [9.17, 15) is 34.8 Å². The molecular weight excluding hydrogens is 288 g/mol. The van der Waals surface area contributed by atoms with Gasteiger partial charge in [0.15, 0.2) is 0 Å². The number of rotatable bonds is 4. The Morgan fingerprint density at radius 1 is 0.944 bits per heavy atom. The summed E-state index contributed by atoms with van der Waals surface area (Å²) in [4.78, 5) is 0. The third-order valence-corrected chi connectivity index (χ3v) is 4.60. The van der Waals surface area contributed by atoms with Crippen molar-refractivity contribution in [3.05, 3.63) is 0 Å². The normalized spacial score (nSPS) is 20.4. The monoisotopic (exact) mass is 299 g/mol. The van der Waals surface area contributed by atoms with Gasteiger partial charge in [0.25, 0.3) is 10.0 Å². The van der Waals surface area contributed by atoms with Crippen molar-refractivity contribution in [3.63, 3.8) is 0 Å². The van der Waals surface area contributed by atoms with Crippen LogP contribution in [0.3, 0.4) is 0 Å². The van der Waals surface area contributed by atoms with Crippen LogP contribution in [-0.2, 0) is 10.0 Å². The molecule has 0 radical (unpaired) electrons. The van der Waals surface area contributed by atoms with E-state index in [0.717, 1.165) is 0 Å². The Morgan fingerprint density at radius 3 is 1.67 bits per heavy atom. The van der Waals surface area contributed by atoms with Crippen molar-refractivity contribution < 1.29 is 34.8 Å². The molecular formula is C8H11F6NO2S. The second-order valence-electron chi connectivity index (χ2n) is 4.09. The van der Waals surface area contributed by atoms with Crippen LogP contribution >= 0.6 is 0 Å². The van der Waals surface area contributed by atoms with Gasteiger partial charge in [0.05, 0.1) is 0 Å². The molecule has 1 aliphatic heterocycles. The smallest absolute Gasteiger partial charge is 0.206 e. The van der Waals surface area contributed by atoms with Crippen molar-refractivity contribution in [1.82, 2.24) is 4.31 Å². The van der Waals surface area contributed by atoms with Crippen LogP contribution in [0.2, 0.25) is 0 Å². The Morgan fingerprint density at radius 2 is 1.33 bits per heavy atom. The Kier molecular flexibility index (Phi) is 3.68. The fourth-order valence-corrected chi connectivity index (χ4v) is 3.07. The van der Waals surface area contributed by atoms with E-state index in [-0.39, 0.29) is 30.2 Å². The third-order valence-electron chi connectivity index (χ3n) is 2.65. The van der Waals surface area contributed by atoms with E-state index in [1.807, 2.05) is 0 Å².